The van der Waals surface area contributed by atoms with E-state index in [1.54, 1.807) is 24.3 Å². The Hall–Kier alpha value is -4.32. The maximum atomic E-state index is 13.3. The number of nitrogens with one attached hydrogen (secondary N) is 2. The van der Waals surface area contributed by atoms with Crippen LogP contribution in [0.1, 0.15) is 25.0 Å². The highest BCUT2D eigenvalue weighted by Gasteiger charge is 2.25. The first-order chi connectivity index (χ1) is 16.9. The molecule has 0 unspecified atom stereocenters. The molecule has 6 rings (SSSR count). The molecule has 0 aliphatic carbocycles. The van der Waals surface area contributed by atoms with Gasteiger partial charge in [-0.3, -0.25) is 0 Å². The highest BCUT2D eigenvalue weighted by atomic mass is 19.1. The van der Waals surface area contributed by atoms with Gasteiger partial charge in [-0.25, -0.2) is 18.7 Å². The topological polar surface area (TPSA) is 57.4 Å². The fraction of sp³-hybridized carbons (Fsp3) is 0.103. The number of H-pyrrole nitrogens is 2. The van der Waals surface area contributed by atoms with E-state index in [0.717, 1.165) is 44.3 Å². The van der Waals surface area contributed by atoms with Gasteiger partial charge in [0.1, 0.15) is 23.3 Å². The summed E-state index contributed by atoms with van der Waals surface area (Å²) in [7, 11) is 0. The minimum absolute atomic E-state index is 0.270. The van der Waals surface area contributed by atoms with Crippen LogP contribution in [-0.2, 0) is 5.41 Å². The largest absolute Gasteiger partial charge is 0.338 e. The number of imidazole rings is 2. The van der Waals surface area contributed by atoms with Gasteiger partial charge in [0.15, 0.2) is 0 Å². The molecule has 0 aliphatic heterocycles. The third-order valence-electron chi connectivity index (χ3n) is 6.64. The number of aromatic amines is 2. The summed E-state index contributed by atoms with van der Waals surface area (Å²) in [6.45, 7) is 4.37. The summed E-state index contributed by atoms with van der Waals surface area (Å²) in [5.41, 5.74) is 7.23. The summed E-state index contributed by atoms with van der Waals surface area (Å²) >= 11 is 0. The van der Waals surface area contributed by atoms with Crippen molar-refractivity contribution in [1.82, 2.24) is 19.9 Å². The summed E-state index contributed by atoms with van der Waals surface area (Å²) in [6.07, 6.45) is 0. The van der Waals surface area contributed by atoms with Gasteiger partial charge in [-0.05, 0) is 83.9 Å². The Kier molecular flexibility index (Phi) is 4.78. The van der Waals surface area contributed by atoms with Crippen LogP contribution in [-0.4, -0.2) is 19.9 Å². The predicted molar refractivity (Wildman–Crippen MR) is 135 cm³/mol. The number of aromatic nitrogens is 4. The average Bonchev–Trinajstić information content (AvgIpc) is 3.48. The van der Waals surface area contributed by atoms with E-state index in [1.807, 2.05) is 12.1 Å². The van der Waals surface area contributed by atoms with Gasteiger partial charge in [0.25, 0.3) is 0 Å². The Morgan fingerprint density at radius 3 is 1.37 bits per heavy atom. The number of halogens is 2. The van der Waals surface area contributed by atoms with Crippen molar-refractivity contribution in [3.05, 3.63) is 108 Å². The first-order valence-corrected chi connectivity index (χ1v) is 11.4. The summed E-state index contributed by atoms with van der Waals surface area (Å²) in [6, 6.07) is 25.1. The molecule has 0 spiro atoms. The molecule has 0 saturated carbocycles. The van der Waals surface area contributed by atoms with Crippen molar-refractivity contribution in [3.8, 4) is 22.8 Å². The van der Waals surface area contributed by atoms with E-state index in [1.165, 1.54) is 24.3 Å². The van der Waals surface area contributed by atoms with Crippen LogP contribution in [0.3, 0.4) is 0 Å². The number of benzene rings is 4. The van der Waals surface area contributed by atoms with E-state index in [4.69, 9.17) is 0 Å². The van der Waals surface area contributed by atoms with Gasteiger partial charge in [-0.15, -0.1) is 0 Å². The normalized spacial score (nSPS) is 12.0. The van der Waals surface area contributed by atoms with Crippen molar-refractivity contribution >= 4 is 22.1 Å². The first-order valence-electron chi connectivity index (χ1n) is 11.4. The SMILES string of the molecule is CC(C)(c1ccc2nc(-c3ccc(F)cc3)[nH]c2c1)c1ccc2nc(-c3ccc(F)cc3)[nH]c2c1. The third-order valence-corrected chi connectivity index (χ3v) is 6.64. The predicted octanol–water partition coefficient (Wildman–Crippen LogP) is 7.38. The quantitative estimate of drug-likeness (QED) is 0.286. The fourth-order valence-corrected chi connectivity index (χ4v) is 4.45. The lowest BCUT2D eigenvalue weighted by Crippen LogP contribution is -2.18. The number of nitrogens with zero attached hydrogens (tertiary/aromatic N) is 2. The number of rotatable bonds is 4. The van der Waals surface area contributed by atoms with Gasteiger partial charge in [0.05, 0.1) is 22.1 Å². The standard InChI is InChI=1S/C29H22F2N4/c1-29(2,19-7-13-23-25(15-19)34-27(32-23)17-3-9-21(30)10-4-17)20-8-14-24-26(16-20)35-28(33-24)18-5-11-22(31)12-6-18/h3-16H,1-2H3,(H,32,34)(H,33,35). The van der Waals surface area contributed by atoms with Crippen LogP contribution in [0.5, 0.6) is 0 Å². The van der Waals surface area contributed by atoms with Crippen molar-refractivity contribution in [2.24, 2.45) is 0 Å². The van der Waals surface area contributed by atoms with Gasteiger partial charge in [-0.1, -0.05) is 26.0 Å². The van der Waals surface area contributed by atoms with Gasteiger partial charge in [-0.2, -0.15) is 0 Å². The maximum Gasteiger partial charge on any atom is 0.138 e. The lowest BCUT2D eigenvalue weighted by molar-refractivity contribution is 0.627. The number of fused-ring (bicyclic) bond motifs is 2. The lowest BCUT2D eigenvalue weighted by atomic mass is 9.78. The van der Waals surface area contributed by atoms with Crippen LogP contribution < -0.4 is 0 Å². The summed E-state index contributed by atoms with van der Waals surface area (Å²) in [4.78, 5) is 16.1. The molecule has 0 bridgehead atoms. The Labute approximate surface area is 200 Å². The molecular weight excluding hydrogens is 442 g/mol. The van der Waals surface area contributed by atoms with Crippen molar-refractivity contribution in [3.63, 3.8) is 0 Å². The minimum atomic E-state index is -0.287. The zero-order valence-corrected chi connectivity index (χ0v) is 19.2. The van der Waals surface area contributed by atoms with E-state index in [9.17, 15) is 8.78 Å². The molecule has 4 nitrogen and oxygen atoms in total. The highest BCUT2D eigenvalue weighted by Crippen LogP contribution is 2.35. The minimum Gasteiger partial charge on any atom is -0.338 e. The molecule has 2 heterocycles. The second kappa shape index (κ2) is 7.87. The van der Waals surface area contributed by atoms with E-state index in [2.05, 4.69) is 58.0 Å². The number of hydrogen-bond donors (Lipinski definition) is 2. The zero-order chi connectivity index (χ0) is 24.2. The molecule has 2 N–H and O–H groups in total. The molecule has 0 saturated heterocycles. The molecule has 172 valence electrons. The van der Waals surface area contributed by atoms with Crippen molar-refractivity contribution in [1.29, 1.82) is 0 Å². The Morgan fingerprint density at radius 2 is 0.971 bits per heavy atom. The van der Waals surface area contributed by atoms with Crippen molar-refractivity contribution in [2.45, 2.75) is 19.3 Å². The molecule has 0 atom stereocenters. The zero-order valence-electron chi connectivity index (χ0n) is 19.2. The smallest absolute Gasteiger partial charge is 0.138 e. The molecule has 4 aromatic carbocycles. The monoisotopic (exact) mass is 464 g/mol. The van der Waals surface area contributed by atoms with E-state index < -0.39 is 0 Å². The van der Waals surface area contributed by atoms with Gasteiger partial charge >= 0.3 is 0 Å². The molecule has 6 heteroatoms. The maximum absolute atomic E-state index is 13.3. The highest BCUT2D eigenvalue weighted by molar-refractivity contribution is 5.82. The van der Waals surface area contributed by atoms with E-state index >= 15 is 0 Å². The molecule has 35 heavy (non-hydrogen) atoms. The molecular formula is C29H22F2N4. The molecule has 0 aliphatic rings. The number of hydrogen-bond acceptors (Lipinski definition) is 2. The Balaban J connectivity index is 1.36. The van der Waals surface area contributed by atoms with Crippen molar-refractivity contribution < 1.29 is 8.78 Å². The average molecular weight is 465 g/mol. The summed E-state index contributed by atoms with van der Waals surface area (Å²) in [5.74, 6) is 0.880. The summed E-state index contributed by atoms with van der Waals surface area (Å²) < 4.78 is 26.6. The summed E-state index contributed by atoms with van der Waals surface area (Å²) in [5, 5.41) is 0. The van der Waals surface area contributed by atoms with E-state index in [0.29, 0.717) is 11.6 Å². The molecule has 2 aromatic heterocycles. The van der Waals surface area contributed by atoms with E-state index in [-0.39, 0.29) is 17.0 Å². The fourth-order valence-electron chi connectivity index (χ4n) is 4.45. The van der Waals surface area contributed by atoms with Gasteiger partial charge < -0.3 is 9.97 Å². The van der Waals surface area contributed by atoms with Gasteiger partial charge in [0.2, 0.25) is 0 Å². The Bertz CT molecular complexity index is 1550. The van der Waals surface area contributed by atoms with Crippen LogP contribution >= 0.6 is 0 Å². The molecule has 0 radical (unpaired) electrons. The first kappa shape index (κ1) is 21.2. The van der Waals surface area contributed by atoms with Gasteiger partial charge in [0, 0.05) is 16.5 Å². The van der Waals surface area contributed by atoms with Crippen LogP contribution in [0.4, 0.5) is 8.78 Å². The Morgan fingerprint density at radius 1 is 0.571 bits per heavy atom. The molecule has 0 amide bonds. The molecule has 6 aromatic rings. The van der Waals surface area contributed by atoms with Crippen LogP contribution in [0.15, 0.2) is 84.9 Å². The third kappa shape index (κ3) is 3.77. The molecule has 0 fully saturated rings. The lowest BCUT2D eigenvalue weighted by Gasteiger charge is -2.26. The van der Waals surface area contributed by atoms with Crippen LogP contribution in [0, 0.1) is 11.6 Å². The van der Waals surface area contributed by atoms with Crippen LogP contribution in [0.25, 0.3) is 44.8 Å². The second-order valence-corrected chi connectivity index (χ2v) is 9.27. The second-order valence-electron chi connectivity index (χ2n) is 9.27. The van der Waals surface area contributed by atoms with Crippen LogP contribution in [0.2, 0.25) is 0 Å². The van der Waals surface area contributed by atoms with Crippen molar-refractivity contribution in [2.75, 3.05) is 0 Å².